The number of ether oxygens (including phenoxy) is 2. The highest BCUT2D eigenvalue weighted by Gasteiger charge is 2.31. The van der Waals surface area contributed by atoms with Crippen molar-refractivity contribution in [1.29, 1.82) is 0 Å². The third-order valence-corrected chi connectivity index (χ3v) is 8.72. The van der Waals surface area contributed by atoms with Crippen LogP contribution in [0.5, 0.6) is 0 Å². The average molecular weight is 559 g/mol. The molecule has 0 bridgehead atoms. The van der Waals surface area contributed by atoms with Gasteiger partial charge in [0.25, 0.3) is 0 Å². The SMILES string of the molecule is O=C(NC(CCOC1CC(CCc2ccc3c(n2)CCCC3)C1)C(=O)O)OC1CCCCC1C#Cc1ccccc1. The Bertz CT molecular complexity index is 1230. The fourth-order valence-corrected chi connectivity index (χ4v) is 6.19. The molecule has 1 amide bonds. The molecule has 1 heterocycles. The van der Waals surface area contributed by atoms with Crippen molar-refractivity contribution in [3.8, 4) is 11.8 Å². The number of aryl methyl sites for hydroxylation is 3. The Kier molecular flexibility index (Phi) is 10.3. The zero-order chi connectivity index (χ0) is 28.4. The molecule has 3 aliphatic carbocycles. The Labute approximate surface area is 243 Å². The van der Waals surface area contributed by atoms with Gasteiger partial charge in [0.05, 0.1) is 12.0 Å². The number of carbonyl (C=O) groups is 2. The van der Waals surface area contributed by atoms with E-state index in [1.807, 2.05) is 30.3 Å². The van der Waals surface area contributed by atoms with E-state index in [0.717, 1.165) is 69.8 Å². The quantitative estimate of drug-likeness (QED) is 0.354. The van der Waals surface area contributed by atoms with Crippen molar-refractivity contribution < 1.29 is 24.2 Å². The lowest BCUT2D eigenvalue weighted by Crippen LogP contribution is -2.44. The van der Waals surface area contributed by atoms with E-state index in [-0.39, 0.29) is 31.2 Å². The van der Waals surface area contributed by atoms with Crippen LogP contribution >= 0.6 is 0 Å². The summed E-state index contributed by atoms with van der Waals surface area (Å²) in [7, 11) is 0. The molecular weight excluding hydrogens is 516 g/mol. The monoisotopic (exact) mass is 558 g/mol. The maximum absolute atomic E-state index is 12.6. The fraction of sp³-hybridized carbons (Fsp3) is 0.559. The van der Waals surface area contributed by atoms with Crippen molar-refractivity contribution in [2.45, 2.75) is 102 Å². The molecule has 2 fully saturated rings. The highest BCUT2D eigenvalue weighted by Crippen LogP contribution is 2.34. The Balaban J connectivity index is 1.00. The third-order valence-electron chi connectivity index (χ3n) is 8.72. The molecule has 218 valence electrons. The Hall–Kier alpha value is -3.37. The molecule has 0 radical (unpaired) electrons. The minimum absolute atomic E-state index is 0.0593. The van der Waals surface area contributed by atoms with Gasteiger partial charge in [0.1, 0.15) is 12.1 Å². The van der Waals surface area contributed by atoms with Crippen LogP contribution in [0, 0.1) is 23.7 Å². The summed E-state index contributed by atoms with van der Waals surface area (Å²) >= 11 is 0. The molecule has 7 nitrogen and oxygen atoms in total. The Morgan fingerprint density at radius 3 is 2.66 bits per heavy atom. The van der Waals surface area contributed by atoms with E-state index >= 15 is 0 Å². The highest BCUT2D eigenvalue weighted by atomic mass is 16.6. The summed E-state index contributed by atoms with van der Waals surface area (Å²) in [6.07, 6.45) is 11.8. The Morgan fingerprint density at radius 2 is 1.83 bits per heavy atom. The molecule has 2 aromatic rings. The number of carboxylic acid groups (broad SMARTS) is 1. The van der Waals surface area contributed by atoms with Crippen LogP contribution in [0.3, 0.4) is 0 Å². The predicted octanol–water partition coefficient (Wildman–Crippen LogP) is 5.87. The number of nitrogens with zero attached hydrogens (tertiary/aromatic N) is 1. The van der Waals surface area contributed by atoms with Crippen LogP contribution in [0.15, 0.2) is 42.5 Å². The maximum atomic E-state index is 12.6. The molecule has 5 rings (SSSR count). The van der Waals surface area contributed by atoms with E-state index in [9.17, 15) is 14.7 Å². The molecule has 0 aliphatic heterocycles. The molecule has 2 N–H and O–H groups in total. The van der Waals surface area contributed by atoms with Gasteiger partial charge in [0.15, 0.2) is 0 Å². The van der Waals surface area contributed by atoms with Gasteiger partial charge in [-0.25, -0.2) is 9.59 Å². The number of fused-ring (bicyclic) bond motifs is 1. The lowest BCUT2D eigenvalue weighted by molar-refractivity contribution is -0.140. The number of pyridine rings is 1. The first-order chi connectivity index (χ1) is 20.0. The summed E-state index contributed by atoms with van der Waals surface area (Å²) in [6, 6.07) is 13.1. The number of benzene rings is 1. The minimum Gasteiger partial charge on any atom is -0.480 e. The molecule has 7 heteroatoms. The number of aromatic nitrogens is 1. The van der Waals surface area contributed by atoms with E-state index in [0.29, 0.717) is 5.92 Å². The van der Waals surface area contributed by atoms with E-state index in [2.05, 4.69) is 29.3 Å². The zero-order valence-corrected chi connectivity index (χ0v) is 23.9. The second-order valence-electron chi connectivity index (χ2n) is 11.8. The zero-order valence-electron chi connectivity index (χ0n) is 23.9. The standard InChI is InChI=1S/C34H42N2O5/c37-33(38)31(36-34(39)41-32-13-7-5-11-27(32)16-14-24-8-2-1-3-9-24)20-21-40-29-22-25(23-29)15-18-28-19-17-26-10-4-6-12-30(26)35-28/h1-3,8-9,17,19,25,27,29,31-32H,4-7,10-13,15,18,20-23H2,(H,36,39)(H,37,38). The second-order valence-corrected chi connectivity index (χ2v) is 11.8. The molecule has 0 spiro atoms. The van der Waals surface area contributed by atoms with Crippen LogP contribution in [0.4, 0.5) is 4.79 Å². The first-order valence-electron chi connectivity index (χ1n) is 15.4. The molecular formula is C34H42N2O5. The van der Waals surface area contributed by atoms with Crippen LogP contribution in [0.25, 0.3) is 0 Å². The van der Waals surface area contributed by atoms with Gasteiger partial charge in [0.2, 0.25) is 0 Å². The van der Waals surface area contributed by atoms with Crippen molar-refractivity contribution in [2.75, 3.05) is 6.61 Å². The topological polar surface area (TPSA) is 97.8 Å². The molecule has 2 saturated carbocycles. The number of rotatable bonds is 10. The lowest BCUT2D eigenvalue weighted by Gasteiger charge is -2.35. The molecule has 3 aliphatic rings. The van der Waals surface area contributed by atoms with Crippen molar-refractivity contribution in [3.63, 3.8) is 0 Å². The summed E-state index contributed by atoms with van der Waals surface area (Å²) in [6.45, 7) is 0.287. The molecule has 3 atom stereocenters. The van der Waals surface area contributed by atoms with Gasteiger partial charge in [-0.15, -0.1) is 0 Å². The van der Waals surface area contributed by atoms with Crippen molar-refractivity contribution in [2.24, 2.45) is 11.8 Å². The molecule has 1 aromatic heterocycles. The predicted molar refractivity (Wildman–Crippen MR) is 156 cm³/mol. The number of alkyl carbamates (subject to hydrolysis) is 1. The van der Waals surface area contributed by atoms with Gasteiger partial charge in [-0.1, -0.05) is 42.5 Å². The Morgan fingerprint density at radius 1 is 1.02 bits per heavy atom. The highest BCUT2D eigenvalue weighted by molar-refractivity contribution is 5.79. The fourth-order valence-electron chi connectivity index (χ4n) is 6.19. The number of nitrogens with one attached hydrogen (secondary N) is 1. The first-order valence-corrected chi connectivity index (χ1v) is 15.4. The average Bonchev–Trinajstić information content (AvgIpc) is 2.97. The molecule has 41 heavy (non-hydrogen) atoms. The summed E-state index contributed by atoms with van der Waals surface area (Å²) in [5, 5.41) is 12.2. The van der Waals surface area contributed by atoms with Crippen molar-refractivity contribution in [1.82, 2.24) is 10.3 Å². The third kappa shape index (κ3) is 8.56. The van der Waals surface area contributed by atoms with Gasteiger partial charge in [0, 0.05) is 30.0 Å². The van der Waals surface area contributed by atoms with E-state index in [1.54, 1.807) is 0 Å². The number of amides is 1. The maximum Gasteiger partial charge on any atom is 0.408 e. The summed E-state index contributed by atoms with van der Waals surface area (Å²) in [4.78, 5) is 29.3. The van der Waals surface area contributed by atoms with E-state index in [1.165, 1.54) is 29.8 Å². The number of carboxylic acids is 1. The largest absolute Gasteiger partial charge is 0.480 e. The molecule has 0 saturated heterocycles. The van der Waals surface area contributed by atoms with Crippen molar-refractivity contribution >= 4 is 12.1 Å². The van der Waals surface area contributed by atoms with Crippen LogP contribution in [-0.4, -0.2) is 47.0 Å². The van der Waals surface area contributed by atoms with E-state index < -0.39 is 18.1 Å². The van der Waals surface area contributed by atoms with Crippen LogP contribution < -0.4 is 5.32 Å². The second kappa shape index (κ2) is 14.5. The van der Waals surface area contributed by atoms with Crippen LogP contribution in [-0.2, 0) is 33.5 Å². The number of hydrogen-bond acceptors (Lipinski definition) is 5. The number of aliphatic carboxylic acids is 1. The van der Waals surface area contributed by atoms with Crippen LogP contribution in [0.1, 0.15) is 86.7 Å². The van der Waals surface area contributed by atoms with Gasteiger partial charge in [-0.05, 0) is 100 Å². The van der Waals surface area contributed by atoms with Crippen LogP contribution in [0.2, 0.25) is 0 Å². The number of hydrogen-bond donors (Lipinski definition) is 2. The number of carbonyl (C=O) groups excluding carboxylic acids is 1. The smallest absolute Gasteiger partial charge is 0.408 e. The van der Waals surface area contributed by atoms with Gasteiger partial charge >= 0.3 is 12.1 Å². The summed E-state index contributed by atoms with van der Waals surface area (Å²) < 4.78 is 11.6. The first kappa shape index (κ1) is 29.1. The van der Waals surface area contributed by atoms with Gasteiger partial charge in [-0.2, -0.15) is 0 Å². The normalized spacial score (nSPS) is 24.1. The van der Waals surface area contributed by atoms with E-state index in [4.69, 9.17) is 14.5 Å². The lowest BCUT2D eigenvalue weighted by atomic mass is 9.79. The van der Waals surface area contributed by atoms with Crippen molar-refractivity contribution in [3.05, 3.63) is 65.0 Å². The minimum atomic E-state index is -1.08. The summed E-state index contributed by atoms with van der Waals surface area (Å²) in [5.41, 5.74) is 4.84. The van der Waals surface area contributed by atoms with Gasteiger partial charge < -0.3 is 19.9 Å². The van der Waals surface area contributed by atoms with Gasteiger partial charge in [-0.3, -0.25) is 4.98 Å². The summed E-state index contributed by atoms with van der Waals surface area (Å²) in [5.74, 6) is 5.92. The molecule has 1 aromatic carbocycles. The molecule has 3 unspecified atom stereocenters.